The Morgan fingerprint density at radius 1 is 0.457 bits per heavy atom. The molecule has 0 amide bonds. The summed E-state index contributed by atoms with van der Waals surface area (Å²) in [5, 5.41) is 0. The van der Waals surface area contributed by atoms with E-state index in [1.165, 1.54) is 186 Å². The highest BCUT2D eigenvalue weighted by atomic mass is 14.6. The van der Waals surface area contributed by atoms with Crippen molar-refractivity contribution in [1.82, 2.24) is 0 Å². The van der Waals surface area contributed by atoms with E-state index in [1.807, 2.05) is 11.1 Å². The molecule has 3 saturated carbocycles. The third-order valence-corrected chi connectivity index (χ3v) is 13.5. The predicted molar refractivity (Wildman–Crippen MR) is 206 cm³/mol. The maximum Gasteiger partial charge on any atom is 0.00144 e. The molecule has 0 aliphatic heterocycles. The zero-order chi connectivity index (χ0) is 32.5. The van der Waals surface area contributed by atoms with Crippen LogP contribution in [0.4, 0.5) is 0 Å². The van der Waals surface area contributed by atoms with Gasteiger partial charge in [0.05, 0.1) is 0 Å². The normalized spacial score (nSPS) is 24.9. The van der Waals surface area contributed by atoms with Gasteiger partial charge in [0.15, 0.2) is 0 Å². The predicted octanol–water partition coefficient (Wildman–Crippen LogP) is 16.0. The molecule has 0 spiro atoms. The van der Waals surface area contributed by atoms with Gasteiger partial charge in [-0.15, -0.1) is 0 Å². The van der Waals surface area contributed by atoms with Crippen molar-refractivity contribution in [2.24, 2.45) is 29.1 Å². The van der Waals surface area contributed by atoms with Gasteiger partial charge in [0.1, 0.15) is 0 Å². The number of rotatable bonds is 25. The second-order valence-electron chi connectivity index (χ2n) is 17.0. The molecular weight excluding hydrogens is 553 g/mol. The Bertz CT molecular complexity index is 872. The Balaban J connectivity index is 1.85. The van der Waals surface area contributed by atoms with Crippen molar-refractivity contribution >= 4 is 0 Å². The van der Waals surface area contributed by atoms with Gasteiger partial charge in [-0.25, -0.2) is 0 Å². The van der Waals surface area contributed by atoms with Crippen LogP contribution in [-0.2, 0) is 0 Å². The summed E-state index contributed by atoms with van der Waals surface area (Å²) in [5.74, 6) is 3.80. The van der Waals surface area contributed by atoms with Crippen LogP contribution in [0.3, 0.4) is 0 Å². The average Bonchev–Trinajstić information content (AvgIpc) is 3.78. The molecule has 46 heavy (non-hydrogen) atoms. The first kappa shape index (κ1) is 38.3. The van der Waals surface area contributed by atoms with Crippen molar-refractivity contribution in [2.75, 3.05) is 0 Å². The van der Waals surface area contributed by atoms with E-state index in [1.54, 1.807) is 25.7 Å². The molecule has 0 bridgehead atoms. The fourth-order valence-corrected chi connectivity index (χ4v) is 11.1. The molecule has 2 unspecified atom stereocenters. The number of hydrogen-bond donors (Lipinski definition) is 0. The van der Waals surface area contributed by atoms with Gasteiger partial charge in [0.2, 0.25) is 0 Å². The molecule has 4 aliphatic carbocycles. The molecule has 3 fully saturated rings. The zero-order valence-electron chi connectivity index (χ0n) is 32.1. The van der Waals surface area contributed by atoms with E-state index < -0.39 is 0 Å². The van der Waals surface area contributed by atoms with E-state index in [9.17, 15) is 0 Å². The van der Waals surface area contributed by atoms with E-state index in [4.69, 9.17) is 0 Å². The Hall–Kier alpha value is -0.520. The summed E-state index contributed by atoms with van der Waals surface area (Å²) in [4.78, 5) is 0. The lowest BCUT2D eigenvalue weighted by Crippen LogP contribution is -2.48. The van der Waals surface area contributed by atoms with E-state index in [2.05, 4.69) is 38.8 Å². The summed E-state index contributed by atoms with van der Waals surface area (Å²) in [5.41, 5.74) is 8.82. The van der Waals surface area contributed by atoms with Gasteiger partial charge in [0.25, 0.3) is 0 Å². The van der Waals surface area contributed by atoms with Crippen molar-refractivity contribution in [3.63, 3.8) is 0 Å². The lowest BCUT2D eigenvalue weighted by atomic mass is 9.47. The summed E-state index contributed by atoms with van der Waals surface area (Å²) in [6.07, 6.45) is 48.5. The molecule has 4 aliphatic rings. The van der Waals surface area contributed by atoms with Gasteiger partial charge in [-0.3, -0.25) is 0 Å². The van der Waals surface area contributed by atoms with Gasteiger partial charge in [-0.05, 0) is 118 Å². The molecule has 2 atom stereocenters. The first-order valence-electron chi connectivity index (χ1n) is 22.2. The van der Waals surface area contributed by atoms with Crippen molar-refractivity contribution in [2.45, 2.75) is 240 Å². The third kappa shape index (κ3) is 10.5. The number of allylic oxidation sites excluding steroid dienone is 4. The summed E-state index contributed by atoms with van der Waals surface area (Å²) >= 11 is 0. The highest BCUT2D eigenvalue weighted by Gasteiger charge is 2.56. The molecular formula is C46H82. The average molecular weight is 635 g/mol. The van der Waals surface area contributed by atoms with Gasteiger partial charge in [-0.2, -0.15) is 0 Å². The Morgan fingerprint density at radius 3 is 1.52 bits per heavy atom. The van der Waals surface area contributed by atoms with Crippen LogP contribution in [0.5, 0.6) is 0 Å². The minimum atomic E-state index is 0.498. The Kier molecular flexibility index (Phi) is 17.9. The molecule has 266 valence electrons. The third-order valence-electron chi connectivity index (χ3n) is 13.5. The second kappa shape index (κ2) is 21.5. The molecule has 0 heterocycles. The minimum Gasteiger partial charge on any atom is -0.0654 e. The topological polar surface area (TPSA) is 0 Å². The zero-order valence-corrected chi connectivity index (χ0v) is 32.1. The molecule has 0 heteroatoms. The number of unbranched alkanes of at least 4 members (excludes halogenated alkanes) is 14. The van der Waals surface area contributed by atoms with E-state index in [-0.39, 0.29) is 0 Å². The summed E-state index contributed by atoms with van der Waals surface area (Å²) in [6, 6.07) is 0. The largest absolute Gasteiger partial charge is 0.0654 e. The first-order valence-corrected chi connectivity index (χ1v) is 22.2. The fraction of sp³-hybridized carbons (Fsp3) is 0.913. The molecule has 0 radical (unpaired) electrons. The molecule has 0 N–H and O–H groups in total. The van der Waals surface area contributed by atoms with Crippen molar-refractivity contribution in [1.29, 1.82) is 0 Å². The minimum absolute atomic E-state index is 0.498. The Labute approximate surface area is 290 Å². The van der Waals surface area contributed by atoms with E-state index in [0.717, 1.165) is 23.7 Å². The fourth-order valence-electron chi connectivity index (χ4n) is 11.1. The first-order chi connectivity index (χ1) is 22.7. The van der Waals surface area contributed by atoms with Crippen LogP contribution in [0.15, 0.2) is 22.3 Å². The molecule has 0 aromatic rings. The van der Waals surface area contributed by atoms with Gasteiger partial charge >= 0.3 is 0 Å². The second-order valence-corrected chi connectivity index (χ2v) is 17.0. The van der Waals surface area contributed by atoms with Gasteiger partial charge in [0, 0.05) is 5.41 Å². The van der Waals surface area contributed by atoms with Crippen LogP contribution in [0.25, 0.3) is 0 Å². The standard InChI is InChI=1S/C46H82/c1-5-9-13-16-18-23-33-42-41(32-22-17-14-10-6-2)43(34-24-15-11-7-3)46(37-27-12-8-4,40-30-20-19-21-31-40)45(39-28-25-26-29-39)44(42)38-35-36-38/h38-40,45H,5-37H2,1-4H3. The summed E-state index contributed by atoms with van der Waals surface area (Å²) in [6.45, 7) is 9.63. The lowest BCUT2D eigenvalue weighted by molar-refractivity contribution is 0.0429. The SMILES string of the molecule is CCCCCCCCC1=C(C2CC2)C(C2CCCC2)C(CCCCC)(C2CCCCC2)C(CCCCCC)=C1CCCCCCC. The molecule has 0 nitrogen and oxygen atoms in total. The van der Waals surface area contributed by atoms with Gasteiger partial charge in [-0.1, -0.05) is 167 Å². The van der Waals surface area contributed by atoms with Crippen LogP contribution >= 0.6 is 0 Å². The smallest absolute Gasteiger partial charge is 0.00144 e. The maximum atomic E-state index is 2.46. The summed E-state index contributed by atoms with van der Waals surface area (Å²) < 4.78 is 0. The highest BCUT2D eigenvalue weighted by Crippen LogP contribution is 2.66. The van der Waals surface area contributed by atoms with Crippen LogP contribution in [0.2, 0.25) is 0 Å². The van der Waals surface area contributed by atoms with Crippen LogP contribution in [-0.4, -0.2) is 0 Å². The molecule has 0 aromatic carbocycles. The Morgan fingerprint density at radius 2 is 0.935 bits per heavy atom. The lowest BCUT2D eigenvalue weighted by Gasteiger charge is -2.57. The van der Waals surface area contributed by atoms with Crippen molar-refractivity contribution in [3.05, 3.63) is 22.3 Å². The van der Waals surface area contributed by atoms with Crippen molar-refractivity contribution < 1.29 is 0 Å². The van der Waals surface area contributed by atoms with Crippen LogP contribution < -0.4 is 0 Å². The highest BCUT2D eigenvalue weighted by molar-refractivity contribution is 5.51. The van der Waals surface area contributed by atoms with E-state index in [0.29, 0.717) is 5.41 Å². The maximum absolute atomic E-state index is 2.46. The van der Waals surface area contributed by atoms with Gasteiger partial charge < -0.3 is 0 Å². The van der Waals surface area contributed by atoms with E-state index >= 15 is 0 Å². The monoisotopic (exact) mass is 635 g/mol. The number of hydrogen-bond acceptors (Lipinski definition) is 0. The molecule has 0 saturated heterocycles. The molecule has 0 aromatic heterocycles. The quantitative estimate of drug-likeness (QED) is 0.0876. The summed E-state index contributed by atoms with van der Waals surface area (Å²) in [7, 11) is 0. The molecule has 4 rings (SSSR count). The van der Waals surface area contributed by atoms with Crippen LogP contribution in [0, 0.1) is 29.1 Å². The van der Waals surface area contributed by atoms with Crippen LogP contribution in [0.1, 0.15) is 240 Å². The van der Waals surface area contributed by atoms with Crippen molar-refractivity contribution in [3.8, 4) is 0 Å².